The molecule has 22 heavy (non-hydrogen) atoms. The zero-order valence-corrected chi connectivity index (χ0v) is 13.1. The van der Waals surface area contributed by atoms with Crippen LogP contribution >= 0.6 is 23.2 Å². The highest BCUT2D eigenvalue weighted by atomic mass is 35.5. The minimum Gasteiger partial charge on any atom is -0.494 e. The van der Waals surface area contributed by atoms with E-state index in [1.54, 1.807) is 25.4 Å². The molecule has 0 bridgehead atoms. The molecule has 2 N–H and O–H groups in total. The fourth-order valence-corrected chi connectivity index (χ4v) is 2.69. The minimum absolute atomic E-state index is 0.560. The van der Waals surface area contributed by atoms with Crippen LogP contribution in [0.3, 0.4) is 0 Å². The Bertz CT molecular complexity index is 790. The third-order valence-corrected chi connectivity index (χ3v) is 3.67. The van der Waals surface area contributed by atoms with Gasteiger partial charge in [-0.25, -0.2) is 0 Å². The number of hydrogen-bond acceptors (Lipinski definition) is 4. The summed E-state index contributed by atoms with van der Waals surface area (Å²) >= 11 is 12.3. The molecule has 0 radical (unpaired) electrons. The minimum atomic E-state index is 0.560. The van der Waals surface area contributed by atoms with Gasteiger partial charge in [0.25, 0.3) is 0 Å². The topological polar surface area (TPSA) is 62.8 Å². The van der Waals surface area contributed by atoms with Crippen molar-refractivity contribution < 1.29 is 4.74 Å². The fourth-order valence-electron chi connectivity index (χ4n) is 2.18. The van der Waals surface area contributed by atoms with Crippen molar-refractivity contribution in [1.82, 2.24) is 15.4 Å². The summed E-state index contributed by atoms with van der Waals surface area (Å²) in [7, 11) is 1.61. The Hall–Kier alpha value is -2.24. The van der Waals surface area contributed by atoms with Crippen LogP contribution in [0.1, 0.15) is 0 Å². The fraction of sp³-hybridized carbons (Fsp3) is 0.0667. The molecule has 0 saturated carbocycles. The Morgan fingerprint density at radius 1 is 1.14 bits per heavy atom. The lowest BCUT2D eigenvalue weighted by Crippen LogP contribution is -1.97. The van der Waals surface area contributed by atoms with Crippen molar-refractivity contribution in [3.8, 4) is 16.9 Å². The molecule has 3 aromatic rings. The number of aromatic nitrogens is 3. The van der Waals surface area contributed by atoms with Crippen LogP contribution in [0.2, 0.25) is 10.0 Å². The van der Waals surface area contributed by atoms with Crippen LogP contribution in [0.15, 0.2) is 42.6 Å². The number of rotatable bonds is 4. The first-order valence-electron chi connectivity index (χ1n) is 6.44. The van der Waals surface area contributed by atoms with Gasteiger partial charge in [0, 0.05) is 16.1 Å². The number of H-pyrrole nitrogens is 1. The van der Waals surface area contributed by atoms with Crippen molar-refractivity contribution in [3.05, 3.63) is 52.6 Å². The maximum Gasteiger partial charge on any atom is 0.172 e. The molecular weight excluding hydrogens is 323 g/mol. The number of halogens is 2. The Labute approximate surface area is 137 Å². The summed E-state index contributed by atoms with van der Waals surface area (Å²) in [6.07, 6.45) is 1.58. The van der Waals surface area contributed by atoms with Crippen molar-refractivity contribution in [1.29, 1.82) is 0 Å². The predicted molar refractivity (Wildman–Crippen MR) is 88.1 cm³/mol. The van der Waals surface area contributed by atoms with Crippen molar-refractivity contribution in [2.24, 2.45) is 0 Å². The summed E-state index contributed by atoms with van der Waals surface area (Å²) in [5.41, 5.74) is 2.46. The van der Waals surface area contributed by atoms with E-state index in [9.17, 15) is 0 Å². The van der Waals surface area contributed by atoms with Crippen LogP contribution < -0.4 is 10.1 Å². The maximum absolute atomic E-state index is 6.30. The predicted octanol–water partition coefficient (Wildman–Crippen LogP) is 4.53. The van der Waals surface area contributed by atoms with Gasteiger partial charge in [0.2, 0.25) is 0 Å². The van der Waals surface area contributed by atoms with Gasteiger partial charge < -0.3 is 10.1 Å². The zero-order valence-electron chi connectivity index (χ0n) is 11.6. The molecule has 0 spiro atoms. The Morgan fingerprint density at radius 2 is 2.00 bits per heavy atom. The molecule has 0 aliphatic heterocycles. The van der Waals surface area contributed by atoms with Gasteiger partial charge in [-0.1, -0.05) is 41.4 Å². The van der Waals surface area contributed by atoms with Crippen LogP contribution in [0.4, 0.5) is 11.5 Å². The van der Waals surface area contributed by atoms with Gasteiger partial charge in [-0.2, -0.15) is 10.3 Å². The Balaban J connectivity index is 2.08. The first kappa shape index (κ1) is 14.7. The van der Waals surface area contributed by atoms with Crippen molar-refractivity contribution in [3.63, 3.8) is 0 Å². The quantitative estimate of drug-likeness (QED) is 0.735. The zero-order chi connectivity index (χ0) is 15.5. The lowest BCUT2D eigenvalue weighted by molar-refractivity contribution is 0.418. The van der Waals surface area contributed by atoms with E-state index in [0.29, 0.717) is 21.6 Å². The van der Waals surface area contributed by atoms with E-state index < -0.39 is 0 Å². The number of nitrogens with one attached hydrogen (secondary N) is 2. The number of aromatic amines is 1. The molecule has 0 saturated heterocycles. The van der Waals surface area contributed by atoms with E-state index >= 15 is 0 Å². The summed E-state index contributed by atoms with van der Waals surface area (Å²) in [5, 5.41) is 14.6. The molecule has 0 amide bonds. The van der Waals surface area contributed by atoms with E-state index in [1.807, 2.05) is 24.3 Å². The van der Waals surface area contributed by atoms with Gasteiger partial charge in [0.15, 0.2) is 5.82 Å². The number of hydrogen-bond donors (Lipinski definition) is 2. The number of methoxy groups -OCH3 is 1. The number of ether oxygens (including phenoxy) is 1. The molecule has 5 nitrogen and oxygen atoms in total. The third kappa shape index (κ3) is 2.86. The number of benzene rings is 2. The highest BCUT2D eigenvalue weighted by molar-refractivity contribution is 6.36. The van der Waals surface area contributed by atoms with Crippen molar-refractivity contribution in [2.45, 2.75) is 0 Å². The lowest BCUT2D eigenvalue weighted by Gasteiger charge is -2.15. The Kier molecular flexibility index (Phi) is 4.18. The highest BCUT2D eigenvalue weighted by Gasteiger charge is 2.14. The molecular formula is C15H12Cl2N4O. The summed E-state index contributed by atoms with van der Waals surface area (Å²) in [6.45, 7) is 0. The Morgan fingerprint density at radius 3 is 2.68 bits per heavy atom. The third-order valence-electron chi connectivity index (χ3n) is 3.12. The smallest absolute Gasteiger partial charge is 0.172 e. The van der Waals surface area contributed by atoms with Crippen LogP contribution in [0.5, 0.6) is 5.75 Å². The van der Waals surface area contributed by atoms with Gasteiger partial charge in [-0.3, -0.25) is 0 Å². The molecule has 0 aliphatic rings. The van der Waals surface area contributed by atoms with E-state index in [2.05, 4.69) is 20.7 Å². The second-order valence-corrected chi connectivity index (χ2v) is 5.33. The van der Waals surface area contributed by atoms with Gasteiger partial charge in [0.05, 0.1) is 24.0 Å². The summed E-state index contributed by atoms with van der Waals surface area (Å²) in [4.78, 5) is 0. The molecule has 0 atom stereocenters. The maximum atomic E-state index is 6.30. The molecule has 0 unspecified atom stereocenters. The standard InChI is InChI=1S/C15H12Cl2N4O/c1-22-15-11(10-6-5-9(16)7-12(10)17)3-2-4-13(15)19-14-8-18-21-20-14/h2-8H,1H3,(H2,18,19,20,21). The molecule has 1 heterocycles. The van der Waals surface area contributed by atoms with Crippen molar-refractivity contribution in [2.75, 3.05) is 12.4 Å². The van der Waals surface area contributed by atoms with E-state index in [4.69, 9.17) is 27.9 Å². The van der Waals surface area contributed by atoms with Gasteiger partial charge >= 0.3 is 0 Å². The van der Waals surface area contributed by atoms with Crippen LogP contribution in [-0.2, 0) is 0 Å². The first-order chi connectivity index (χ1) is 10.7. The molecule has 0 aliphatic carbocycles. The average molecular weight is 335 g/mol. The van der Waals surface area contributed by atoms with Crippen molar-refractivity contribution >= 4 is 34.7 Å². The van der Waals surface area contributed by atoms with Crippen LogP contribution in [0.25, 0.3) is 11.1 Å². The second kappa shape index (κ2) is 6.25. The molecule has 112 valence electrons. The largest absolute Gasteiger partial charge is 0.494 e. The van der Waals surface area contributed by atoms with E-state index in [1.165, 1.54) is 0 Å². The highest BCUT2D eigenvalue weighted by Crippen LogP contribution is 2.40. The molecule has 2 aromatic carbocycles. The monoisotopic (exact) mass is 334 g/mol. The number of anilines is 2. The molecule has 7 heteroatoms. The van der Waals surface area contributed by atoms with Gasteiger partial charge in [-0.15, -0.1) is 5.10 Å². The summed E-state index contributed by atoms with van der Waals surface area (Å²) in [5.74, 6) is 1.26. The van der Waals surface area contributed by atoms with Gasteiger partial charge in [0.1, 0.15) is 5.75 Å². The molecule has 1 aromatic heterocycles. The normalized spacial score (nSPS) is 10.5. The first-order valence-corrected chi connectivity index (χ1v) is 7.20. The number of nitrogens with zero attached hydrogens (tertiary/aromatic N) is 2. The molecule has 0 fully saturated rings. The van der Waals surface area contributed by atoms with E-state index in [0.717, 1.165) is 16.8 Å². The number of para-hydroxylation sites is 1. The summed E-state index contributed by atoms with van der Waals surface area (Å²) in [6, 6.07) is 11.1. The SMILES string of the molecule is COc1c(Nc2cn[nH]n2)cccc1-c1ccc(Cl)cc1Cl. The lowest BCUT2D eigenvalue weighted by atomic mass is 10.0. The van der Waals surface area contributed by atoms with Crippen LogP contribution in [-0.4, -0.2) is 22.5 Å². The second-order valence-electron chi connectivity index (χ2n) is 4.49. The molecule has 3 rings (SSSR count). The van der Waals surface area contributed by atoms with E-state index in [-0.39, 0.29) is 0 Å². The summed E-state index contributed by atoms with van der Waals surface area (Å²) < 4.78 is 5.55. The average Bonchev–Trinajstić information content (AvgIpc) is 3.00. The van der Waals surface area contributed by atoms with Gasteiger partial charge in [-0.05, 0) is 18.2 Å². The van der Waals surface area contributed by atoms with Crippen LogP contribution in [0, 0.1) is 0 Å².